The number of nitrogens with one attached hydrogen (secondary N) is 1. The maximum atomic E-state index is 14.0. The first-order valence-electron chi connectivity index (χ1n) is 13.6. The Morgan fingerprint density at radius 2 is 1.61 bits per heavy atom. The van der Waals surface area contributed by atoms with E-state index in [2.05, 4.69) is 37.6 Å². The van der Waals surface area contributed by atoms with Gasteiger partial charge in [-0.2, -0.15) is 0 Å². The molecule has 2 aliphatic heterocycles. The standard InChI is InChI=1S/C31H35F2N3O4S/c1-30(2,3)22-6-9-24(27(18-22)35-15-12-31(32,33)13-16-35)20-5-8-25-21(17-20)11-14-36(29(25)38)23-7-10-28(37)26(19-23)34-41(4,39)40/h5-10,17-19,34,37H,11-16H2,1-4H3. The second-order valence-corrected chi connectivity index (χ2v) is 13.7. The Morgan fingerprint density at radius 3 is 2.27 bits per heavy atom. The van der Waals surface area contributed by atoms with Gasteiger partial charge >= 0.3 is 0 Å². The predicted octanol–water partition coefficient (Wildman–Crippen LogP) is 6.17. The van der Waals surface area contributed by atoms with Crippen molar-refractivity contribution in [2.24, 2.45) is 0 Å². The lowest BCUT2D eigenvalue weighted by Crippen LogP contribution is -2.39. The van der Waals surface area contributed by atoms with Crippen LogP contribution in [0.25, 0.3) is 11.1 Å². The highest BCUT2D eigenvalue weighted by Gasteiger charge is 2.35. The Labute approximate surface area is 239 Å². The van der Waals surface area contributed by atoms with E-state index in [1.165, 1.54) is 12.1 Å². The fourth-order valence-corrected chi connectivity index (χ4v) is 6.02. The molecule has 0 spiro atoms. The Bertz CT molecular complexity index is 1610. The van der Waals surface area contributed by atoms with Crippen LogP contribution in [-0.2, 0) is 21.9 Å². The highest BCUT2D eigenvalue weighted by atomic mass is 32.2. The van der Waals surface area contributed by atoms with Crippen molar-refractivity contribution in [3.05, 3.63) is 71.3 Å². The molecule has 3 aromatic rings. The summed E-state index contributed by atoms with van der Waals surface area (Å²) in [6.45, 7) is 7.29. The Balaban J connectivity index is 1.48. The number of phenolic OH excluding ortho intramolecular Hbond substituents is 1. The minimum Gasteiger partial charge on any atom is -0.506 e. The number of hydrogen-bond donors (Lipinski definition) is 2. The molecule has 2 N–H and O–H groups in total. The van der Waals surface area contributed by atoms with E-state index in [-0.39, 0.29) is 48.7 Å². The van der Waals surface area contributed by atoms with Gasteiger partial charge in [-0.1, -0.05) is 45.0 Å². The lowest BCUT2D eigenvalue weighted by Gasteiger charge is -2.36. The largest absolute Gasteiger partial charge is 0.506 e. The van der Waals surface area contributed by atoms with Crippen molar-refractivity contribution in [3.8, 4) is 16.9 Å². The average Bonchev–Trinajstić information content (AvgIpc) is 2.88. The first kappa shape index (κ1) is 28.9. The zero-order chi connectivity index (χ0) is 29.7. The second kappa shape index (κ2) is 10.3. The first-order valence-corrected chi connectivity index (χ1v) is 15.5. The first-order chi connectivity index (χ1) is 19.1. The van der Waals surface area contributed by atoms with E-state index in [4.69, 9.17) is 0 Å². The lowest BCUT2D eigenvalue weighted by molar-refractivity contribution is -0.0220. The Morgan fingerprint density at radius 1 is 0.927 bits per heavy atom. The maximum absolute atomic E-state index is 14.0. The molecule has 10 heteroatoms. The minimum atomic E-state index is -3.62. The number of amides is 1. The van der Waals surface area contributed by atoms with Crippen LogP contribution in [0.1, 0.15) is 55.1 Å². The van der Waals surface area contributed by atoms with Crippen molar-refractivity contribution in [3.63, 3.8) is 0 Å². The summed E-state index contributed by atoms with van der Waals surface area (Å²) in [7, 11) is -3.62. The van der Waals surface area contributed by atoms with Crippen molar-refractivity contribution in [1.29, 1.82) is 0 Å². The van der Waals surface area contributed by atoms with Crippen molar-refractivity contribution < 1.29 is 27.1 Å². The van der Waals surface area contributed by atoms with Crippen LogP contribution in [0.2, 0.25) is 0 Å². The summed E-state index contributed by atoms with van der Waals surface area (Å²) in [5, 5.41) is 10.1. The van der Waals surface area contributed by atoms with Gasteiger partial charge in [0, 0.05) is 55.0 Å². The van der Waals surface area contributed by atoms with E-state index in [1.807, 2.05) is 23.1 Å². The normalized spacial score (nSPS) is 17.4. The van der Waals surface area contributed by atoms with Gasteiger partial charge < -0.3 is 14.9 Å². The lowest BCUT2D eigenvalue weighted by atomic mass is 9.84. The van der Waals surface area contributed by atoms with Crippen LogP contribution in [0.15, 0.2) is 54.6 Å². The molecule has 0 saturated carbocycles. The highest BCUT2D eigenvalue weighted by molar-refractivity contribution is 7.92. The number of carbonyl (C=O) groups is 1. The smallest absolute Gasteiger partial charge is 0.258 e. The molecule has 2 heterocycles. The maximum Gasteiger partial charge on any atom is 0.258 e. The zero-order valence-electron chi connectivity index (χ0n) is 23.7. The zero-order valence-corrected chi connectivity index (χ0v) is 24.5. The van der Waals surface area contributed by atoms with E-state index in [0.717, 1.165) is 34.2 Å². The molecular weight excluding hydrogens is 548 g/mol. The quantitative estimate of drug-likeness (QED) is 0.351. The molecule has 3 aromatic carbocycles. The number of carbonyl (C=O) groups excluding carboxylic acids is 1. The number of nitrogens with zero attached hydrogens (tertiary/aromatic N) is 2. The molecule has 218 valence electrons. The van der Waals surface area contributed by atoms with E-state index < -0.39 is 15.9 Å². The third kappa shape index (κ3) is 6.17. The van der Waals surface area contributed by atoms with Gasteiger partial charge in [0.15, 0.2) is 0 Å². The fraction of sp³-hybridized carbons (Fsp3) is 0.387. The van der Waals surface area contributed by atoms with Crippen LogP contribution in [0.4, 0.5) is 25.8 Å². The van der Waals surface area contributed by atoms with Gasteiger partial charge in [0.25, 0.3) is 11.8 Å². The molecule has 5 rings (SSSR count). The summed E-state index contributed by atoms with van der Waals surface area (Å²) in [4.78, 5) is 17.1. The summed E-state index contributed by atoms with van der Waals surface area (Å²) in [5.74, 6) is -3.11. The minimum absolute atomic E-state index is 0.000605. The molecule has 41 heavy (non-hydrogen) atoms. The number of fused-ring (bicyclic) bond motifs is 1. The number of anilines is 3. The third-order valence-electron chi connectivity index (χ3n) is 7.78. The molecule has 0 unspecified atom stereocenters. The van der Waals surface area contributed by atoms with Gasteiger partial charge in [0.1, 0.15) is 5.75 Å². The molecule has 1 fully saturated rings. The Hall–Kier alpha value is -3.66. The summed E-state index contributed by atoms with van der Waals surface area (Å²) in [6, 6.07) is 16.3. The topological polar surface area (TPSA) is 90.0 Å². The summed E-state index contributed by atoms with van der Waals surface area (Å²) in [6.07, 6.45) is 1.19. The van der Waals surface area contributed by atoms with Crippen molar-refractivity contribution >= 4 is 33.0 Å². The van der Waals surface area contributed by atoms with Gasteiger partial charge in [0.2, 0.25) is 10.0 Å². The molecule has 2 aliphatic rings. The number of halogens is 2. The van der Waals surface area contributed by atoms with Crippen LogP contribution in [-0.4, -0.2) is 51.2 Å². The number of aromatic hydroxyl groups is 1. The average molecular weight is 584 g/mol. The van der Waals surface area contributed by atoms with E-state index in [9.17, 15) is 27.1 Å². The van der Waals surface area contributed by atoms with Gasteiger partial charge in [-0.3, -0.25) is 9.52 Å². The van der Waals surface area contributed by atoms with Crippen LogP contribution in [0.5, 0.6) is 5.75 Å². The van der Waals surface area contributed by atoms with Crippen molar-refractivity contribution in [1.82, 2.24) is 0 Å². The second-order valence-electron chi connectivity index (χ2n) is 12.0. The summed E-state index contributed by atoms with van der Waals surface area (Å²) in [5.41, 5.74) is 5.69. The molecule has 1 amide bonds. The van der Waals surface area contributed by atoms with Gasteiger partial charge in [-0.05, 0) is 58.9 Å². The van der Waals surface area contributed by atoms with E-state index in [0.29, 0.717) is 24.2 Å². The molecular formula is C31H35F2N3O4S. The van der Waals surface area contributed by atoms with E-state index in [1.54, 1.807) is 17.0 Å². The van der Waals surface area contributed by atoms with Gasteiger partial charge in [0.05, 0.1) is 11.9 Å². The molecule has 0 radical (unpaired) electrons. The molecule has 7 nitrogen and oxygen atoms in total. The third-order valence-corrected chi connectivity index (χ3v) is 8.37. The molecule has 0 aliphatic carbocycles. The number of sulfonamides is 1. The van der Waals surface area contributed by atoms with Crippen molar-refractivity contribution in [2.75, 3.05) is 40.4 Å². The number of benzene rings is 3. The van der Waals surface area contributed by atoms with Gasteiger partial charge in [-0.15, -0.1) is 0 Å². The van der Waals surface area contributed by atoms with Crippen molar-refractivity contribution in [2.45, 2.75) is 51.4 Å². The number of alkyl halides is 2. The van der Waals surface area contributed by atoms with Crippen LogP contribution >= 0.6 is 0 Å². The fourth-order valence-electron chi connectivity index (χ4n) is 5.45. The number of phenols is 1. The van der Waals surface area contributed by atoms with Crippen LogP contribution in [0.3, 0.4) is 0 Å². The highest BCUT2D eigenvalue weighted by Crippen LogP contribution is 2.40. The molecule has 0 aromatic heterocycles. The number of hydrogen-bond acceptors (Lipinski definition) is 5. The molecule has 1 saturated heterocycles. The van der Waals surface area contributed by atoms with Crippen LogP contribution < -0.4 is 14.5 Å². The summed E-state index contributed by atoms with van der Waals surface area (Å²) >= 11 is 0. The van der Waals surface area contributed by atoms with Crippen LogP contribution in [0, 0.1) is 0 Å². The van der Waals surface area contributed by atoms with E-state index >= 15 is 0 Å². The van der Waals surface area contributed by atoms with Gasteiger partial charge in [-0.25, -0.2) is 17.2 Å². The molecule has 0 atom stereocenters. The molecule has 0 bridgehead atoms. The monoisotopic (exact) mass is 583 g/mol. The number of piperidine rings is 1. The number of rotatable bonds is 5. The SMILES string of the molecule is CC(C)(C)c1ccc(-c2ccc3c(c2)CCN(c2ccc(O)c(NS(C)(=O)=O)c2)C3=O)c(N2CCC(F)(F)CC2)c1. The summed E-state index contributed by atoms with van der Waals surface area (Å²) < 4.78 is 53.6. The Kier molecular flexibility index (Phi) is 7.26. The predicted molar refractivity (Wildman–Crippen MR) is 159 cm³/mol.